The lowest BCUT2D eigenvalue weighted by Crippen LogP contribution is -2.03. The SMILES string of the molecule is COC(=O)CCc1ccc2cc(F)c(F)c(F)c2n1. The van der Waals surface area contributed by atoms with E-state index < -0.39 is 23.4 Å². The number of aromatic nitrogens is 1. The second-order valence-electron chi connectivity index (χ2n) is 3.94. The zero-order chi connectivity index (χ0) is 14.0. The van der Waals surface area contributed by atoms with Gasteiger partial charge in [-0.3, -0.25) is 4.79 Å². The summed E-state index contributed by atoms with van der Waals surface area (Å²) in [5, 5.41) is 0.165. The lowest BCUT2D eigenvalue weighted by Gasteiger charge is -2.05. The summed E-state index contributed by atoms with van der Waals surface area (Å²) >= 11 is 0. The smallest absolute Gasteiger partial charge is 0.305 e. The van der Waals surface area contributed by atoms with Crippen LogP contribution in [-0.4, -0.2) is 18.1 Å². The van der Waals surface area contributed by atoms with Crippen LogP contribution in [0.15, 0.2) is 18.2 Å². The highest BCUT2D eigenvalue weighted by Crippen LogP contribution is 2.22. The molecule has 100 valence electrons. The largest absolute Gasteiger partial charge is 0.469 e. The van der Waals surface area contributed by atoms with Crippen LogP contribution in [-0.2, 0) is 16.0 Å². The maximum Gasteiger partial charge on any atom is 0.305 e. The molecule has 1 aromatic heterocycles. The monoisotopic (exact) mass is 269 g/mol. The number of aryl methyl sites for hydroxylation is 1. The number of hydrogen-bond donors (Lipinski definition) is 0. The van der Waals surface area contributed by atoms with Crippen molar-refractivity contribution >= 4 is 16.9 Å². The van der Waals surface area contributed by atoms with Gasteiger partial charge in [-0.05, 0) is 12.1 Å². The van der Waals surface area contributed by atoms with Gasteiger partial charge >= 0.3 is 5.97 Å². The van der Waals surface area contributed by atoms with Crippen LogP contribution in [0.2, 0.25) is 0 Å². The molecule has 19 heavy (non-hydrogen) atoms. The predicted octanol–water partition coefficient (Wildman–Crippen LogP) is 2.76. The fraction of sp³-hybridized carbons (Fsp3) is 0.231. The highest BCUT2D eigenvalue weighted by molar-refractivity contribution is 5.79. The van der Waals surface area contributed by atoms with E-state index in [4.69, 9.17) is 0 Å². The lowest BCUT2D eigenvalue weighted by molar-refractivity contribution is -0.140. The van der Waals surface area contributed by atoms with Crippen LogP contribution in [0.4, 0.5) is 13.2 Å². The Kier molecular flexibility index (Phi) is 3.69. The van der Waals surface area contributed by atoms with Gasteiger partial charge in [0.2, 0.25) is 0 Å². The maximum absolute atomic E-state index is 13.5. The number of carbonyl (C=O) groups excluding carboxylic acids is 1. The van der Waals surface area contributed by atoms with Crippen molar-refractivity contribution < 1.29 is 22.7 Å². The topological polar surface area (TPSA) is 39.2 Å². The van der Waals surface area contributed by atoms with Gasteiger partial charge < -0.3 is 4.74 Å². The quantitative estimate of drug-likeness (QED) is 0.635. The third-order valence-corrected chi connectivity index (χ3v) is 2.69. The van der Waals surface area contributed by atoms with Crippen LogP contribution in [0.1, 0.15) is 12.1 Å². The lowest BCUT2D eigenvalue weighted by atomic mass is 10.1. The second-order valence-corrected chi connectivity index (χ2v) is 3.94. The van der Waals surface area contributed by atoms with Gasteiger partial charge in [0.25, 0.3) is 0 Å². The van der Waals surface area contributed by atoms with E-state index in [9.17, 15) is 18.0 Å². The Morgan fingerprint density at radius 2 is 2.00 bits per heavy atom. The highest BCUT2D eigenvalue weighted by Gasteiger charge is 2.15. The number of esters is 1. The average Bonchev–Trinajstić information content (AvgIpc) is 2.42. The van der Waals surface area contributed by atoms with Gasteiger partial charge in [0, 0.05) is 17.5 Å². The fourth-order valence-electron chi connectivity index (χ4n) is 1.68. The Bertz CT molecular complexity index is 643. The molecule has 0 aliphatic rings. The van der Waals surface area contributed by atoms with Crippen LogP contribution in [0, 0.1) is 17.5 Å². The molecule has 0 N–H and O–H groups in total. The number of benzene rings is 1. The van der Waals surface area contributed by atoms with Crippen molar-refractivity contribution in [3.63, 3.8) is 0 Å². The van der Waals surface area contributed by atoms with Crippen molar-refractivity contribution in [2.75, 3.05) is 7.11 Å². The number of nitrogens with zero attached hydrogens (tertiary/aromatic N) is 1. The predicted molar refractivity (Wildman–Crippen MR) is 62.0 cm³/mol. The van der Waals surface area contributed by atoms with Crippen molar-refractivity contribution in [3.8, 4) is 0 Å². The number of methoxy groups -OCH3 is 1. The summed E-state index contributed by atoms with van der Waals surface area (Å²) in [4.78, 5) is 14.9. The number of carbonyl (C=O) groups is 1. The summed E-state index contributed by atoms with van der Waals surface area (Å²) in [5.41, 5.74) is 0.157. The second kappa shape index (κ2) is 5.26. The first-order chi connectivity index (χ1) is 9.02. The van der Waals surface area contributed by atoms with Crippen molar-refractivity contribution in [1.29, 1.82) is 0 Å². The third-order valence-electron chi connectivity index (χ3n) is 2.69. The molecule has 3 nitrogen and oxygen atoms in total. The molecule has 0 atom stereocenters. The molecule has 0 bridgehead atoms. The minimum atomic E-state index is -1.55. The van der Waals surface area contributed by atoms with Gasteiger partial charge in [-0.1, -0.05) is 6.07 Å². The van der Waals surface area contributed by atoms with Crippen LogP contribution in [0.5, 0.6) is 0 Å². The molecule has 6 heteroatoms. The summed E-state index contributed by atoms with van der Waals surface area (Å²) in [5.74, 6) is -4.55. The molecule has 0 spiro atoms. The van der Waals surface area contributed by atoms with Gasteiger partial charge in [-0.15, -0.1) is 0 Å². The molecule has 1 aromatic carbocycles. The molecule has 0 radical (unpaired) electrons. The summed E-state index contributed by atoms with van der Waals surface area (Å²) in [6, 6.07) is 3.84. The molecule has 0 aliphatic heterocycles. The molecule has 2 rings (SSSR count). The maximum atomic E-state index is 13.5. The van der Waals surface area contributed by atoms with E-state index in [-0.39, 0.29) is 23.7 Å². The number of rotatable bonds is 3. The number of ether oxygens (including phenoxy) is 1. The van der Waals surface area contributed by atoms with Crippen LogP contribution in [0.25, 0.3) is 10.9 Å². The van der Waals surface area contributed by atoms with E-state index in [1.807, 2.05) is 0 Å². The third kappa shape index (κ3) is 2.67. The first kappa shape index (κ1) is 13.3. The van der Waals surface area contributed by atoms with Crippen molar-refractivity contribution in [1.82, 2.24) is 4.98 Å². The van der Waals surface area contributed by atoms with Gasteiger partial charge in [0.05, 0.1) is 13.5 Å². The molecular weight excluding hydrogens is 259 g/mol. The summed E-state index contributed by atoms with van der Waals surface area (Å²) in [6.45, 7) is 0. The fourth-order valence-corrected chi connectivity index (χ4v) is 1.68. The Morgan fingerprint density at radius 1 is 1.26 bits per heavy atom. The van der Waals surface area contributed by atoms with E-state index in [0.29, 0.717) is 5.69 Å². The van der Waals surface area contributed by atoms with E-state index in [2.05, 4.69) is 9.72 Å². The van der Waals surface area contributed by atoms with Gasteiger partial charge in [-0.25, -0.2) is 18.2 Å². The number of hydrogen-bond acceptors (Lipinski definition) is 3. The Labute approximate surface area is 107 Å². The number of pyridine rings is 1. The summed E-state index contributed by atoms with van der Waals surface area (Å²) in [6.07, 6.45) is 0.321. The Hall–Kier alpha value is -2.11. The molecule has 0 aliphatic carbocycles. The van der Waals surface area contributed by atoms with Crippen LogP contribution < -0.4 is 0 Å². The molecule has 0 fully saturated rings. The van der Waals surface area contributed by atoms with Crippen molar-refractivity contribution in [2.24, 2.45) is 0 Å². The zero-order valence-electron chi connectivity index (χ0n) is 10.0. The van der Waals surface area contributed by atoms with Gasteiger partial charge in [-0.2, -0.15) is 0 Å². The van der Waals surface area contributed by atoms with E-state index in [1.54, 1.807) is 0 Å². The zero-order valence-corrected chi connectivity index (χ0v) is 10.0. The van der Waals surface area contributed by atoms with Gasteiger partial charge in [0.1, 0.15) is 5.52 Å². The van der Waals surface area contributed by atoms with Crippen molar-refractivity contribution in [3.05, 3.63) is 41.3 Å². The first-order valence-corrected chi connectivity index (χ1v) is 5.53. The minimum absolute atomic E-state index is 0.0836. The molecular formula is C13H10F3NO2. The van der Waals surface area contributed by atoms with E-state index >= 15 is 0 Å². The van der Waals surface area contributed by atoms with Crippen LogP contribution in [0.3, 0.4) is 0 Å². The molecule has 0 saturated carbocycles. The summed E-state index contributed by atoms with van der Waals surface area (Å²) in [7, 11) is 1.26. The number of halogens is 3. The van der Waals surface area contributed by atoms with Gasteiger partial charge in [0.15, 0.2) is 17.5 Å². The Morgan fingerprint density at radius 3 is 2.68 bits per heavy atom. The average molecular weight is 269 g/mol. The summed E-state index contributed by atoms with van der Waals surface area (Å²) < 4.78 is 44.1. The normalized spacial score (nSPS) is 10.7. The molecule has 0 unspecified atom stereocenters. The minimum Gasteiger partial charge on any atom is -0.469 e. The standard InChI is InChI=1S/C13H10F3NO2/c1-19-10(18)5-4-8-3-2-7-6-9(14)11(15)12(16)13(7)17-8/h2-3,6H,4-5H2,1H3. The van der Waals surface area contributed by atoms with E-state index in [0.717, 1.165) is 6.07 Å². The highest BCUT2D eigenvalue weighted by atomic mass is 19.2. The molecule has 2 aromatic rings. The van der Waals surface area contributed by atoms with Crippen LogP contribution >= 0.6 is 0 Å². The van der Waals surface area contributed by atoms with Crippen molar-refractivity contribution in [2.45, 2.75) is 12.8 Å². The molecule has 1 heterocycles. The van der Waals surface area contributed by atoms with E-state index in [1.165, 1.54) is 19.2 Å². The first-order valence-electron chi connectivity index (χ1n) is 5.53. The number of fused-ring (bicyclic) bond motifs is 1. The molecule has 0 saturated heterocycles. The molecule has 0 amide bonds. The Balaban J connectivity index is 2.37.